The lowest BCUT2D eigenvalue weighted by molar-refractivity contribution is -0.127. The first kappa shape index (κ1) is 18.1. The van der Waals surface area contributed by atoms with E-state index in [9.17, 15) is 9.59 Å². The second-order valence-electron chi connectivity index (χ2n) is 6.91. The topological polar surface area (TPSA) is 34.1 Å². The molecule has 0 saturated carbocycles. The molecule has 2 rings (SSSR count). The van der Waals surface area contributed by atoms with Crippen molar-refractivity contribution in [2.75, 3.05) is 0 Å². The van der Waals surface area contributed by atoms with Gasteiger partial charge in [-0.15, -0.1) is 0 Å². The molecular formula is C22H26O2. The lowest BCUT2D eigenvalue weighted by Crippen LogP contribution is -2.16. The van der Waals surface area contributed by atoms with Gasteiger partial charge in [-0.25, -0.2) is 0 Å². The number of hydrogen-bond donors (Lipinski definition) is 0. The fourth-order valence-corrected chi connectivity index (χ4v) is 2.83. The zero-order valence-electron chi connectivity index (χ0n) is 14.8. The number of Topliss-reactive ketones (excluding diaryl/α,β-unsaturated/α-hetero) is 2. The van der Waals surface area contributed by atoms with Gasteiger partial charge in [0.1, 0.15) is 11.6 Å². The largest absolute Gasteiger partial charge is 0.299 e. The Hall–Kier alpha value is -2.22. The number of ketones is 2. The molecule has 24 heavy (non-hydrogen) atoms. The SMILES string of the molecule is CC(C)Cc1ccc(C(C)C(=O)CC(=O)Cc2ccccc2)cc1. The summed E-state index contributed by atoms with van der Waals surface area (Å²) in [5.74, 6) is 0.352. The van der Waals surface area contributed by atoms with Crippen molar-refractivity contribution in [2.24, 2.45) is 5.92 Å². The second kappa shape index (κ2) is 8.58. The summed E-state index contributed by atoms with van der Waals surface area (Å²) < 4.78 is 0. The van der Waals surface area contributed by atoms with Crippen molar-refractivity contribution in [3.63, 3.8) is 0 Å². The van der Waals surface area contributed by atoms with Crippen molar-refractivity contribution in [1.82, 2.24) is 0 Å². The zero-order chi connectivity index (χ0) is 17.5. The summed E-state index contributed by atoms with van der Waals surface area (Å²) in [6.07, 6.45) is 1.37. The van der Waals surface area contributed by atoms with Crippen molar-refractivity contribution in [2.45, 2.75) is 46.0 Å². The van der Waals surface area contributed by atoms with E-state index in [0.29, 0.717) is 12.3 Å². The molecule has 1 unspecified atom stereocenters. The van der Waals surface area contributed by atoms with E-state index in [1.165, 1.54) is 5.56 Å². The van der Waals surface area contributed by atoms with Crippen LogP contribution in [0.15, 0.2) is 54.6 Å². The van der Waals surface area contributed by atoms with Gasteiger partial charge in [0.05, 0.1) is 6.42 Å². The Morgan fingerprint density at radius 2 is 1.46 bits per heavy atom. The summed E-state index contributed by atoms with van der Waals surface area (Å²) >= 11 is 0. The summed E-state index contributed by atoms with van der Waals surface area (Å²) in [5, 5.41) is 0. The first-order valence-corrected chi connectivity index (χ1v) is 8.63. The van der Waals surface area contributed by atoms with Gasteiger partial charge in [0.25, 0.3) is 0 Å². The van der Waals surface area contributed by atoms with Crippen molar-refractivity contribution in [3.05, 3.63) is 71.3 Å². The van der Waals surface area contributed by atoms with E-state index in [0.717, 1.165) is 17.5 Å². The summed E-state index contributed by atoms with van der Waals surface area (Å²) in [5.41, 5.74) is 3.23. The molecule has 0 aliphatic carbocycles. The van der Waals surface area contributed by atoms with Crippen molar-refractivity contribution < 1.29 is 9.59 Å². The lowest BCUT2D eigenvalue weighted by Gasteiger charge is -2.12. The summed E-state index contributed by atoms with van der Waals surface area (Å²) in [6.45, 7) is 6.27. The smallest absolute Gasteiger partial charge is 0.147 e. The highest BCUT2D eigenvalue weighted by molar-refractivity contribution is 6.02. The molecule has 0 fully saturated rings. The third-order valence-electron chi connectivity index (χ3n) is 4.22. The van der Waals surface area contributed by atoms with Crippen LogP contribution in [0.1, 0.15) is 49.8 Å². The van der Waals surface area contributed by atoms with Gasteiger partial charge in [-0.1, -0.05) is 75.4 Å². The van der Waals surface area contributed by atoms with Crippen molar-refractivity contribution in [3.8, 4) is 0 Å². The maximum atomic E-state index is 12.4. The van der Waals surface area contributed by atoms with Gasteiger partial charge in [0.15, 0.2) is 0 Å². The Morgan fingerprint density at radius 1 is 0.833 bits per heavy atom. The fraction of sp³-hybridized carbons (Fsp3) is 0.364. The molecule has 2 aromatic carbocycles. The van der Waals surface area contributed by atoms with Gasteiger partial charge >= 0.3 is 0 Å². The molecule has 0 amide bonds. The molecule has 0 bridgehead atoms. The molecule has 2 nitrogen and oxygen atoms in total. The highest BCUT2D eigenvalue weighted by atomic mass is 16.1. The molecule has 2 aromatic rings. The lowest BCUT2D eigenvalue weighted by atomic mass is 9.91. The minimum Gasteiger partial charge on any atom is -0.299 e. The summed E-state index contributed by atoms with van der Waals surface area (Å²) in [7, 11) is 0. The molecule has 2 heteroatoms. The predicted octanol–water partition coefficient (Wildman–Crippen LogP) is 4.76. The minimum absolute atomic E-state index is 0.00378. The Balaban J connectivity index is 1.92. The van der Waals surface area contributed by atoms with Crippen LogP contribution in [-0.2, 0) is 22.4 Å². The third kappa shape index (κ3) is 5.45. The van der Waals surface area contributed by atoms with Gasteiger partial charge in [0, 0.05) is 12.3 Å². The predicted molar refractivity (Wildman–Crippen MR) is 98.2 cm³/mol. The van der Waals surface area contributed by atoms with Crippen LogP contribution in [0.3, 0.4) is 0 Å². The fourth-order valence-electron chi connectivity index (χ4n) is 2.83. The molecule has 0 aliphatic heterocycles. The van der Waals surface area contributed by atoms with Crippen molar-refractivity contribution >= 4 is 11.6 Å². The van der Waals surface area contributed by atoms with Gasteiger partial charge < -0.3 is 0 Å². The Bertz CT molecular complexity index is 669. The van der Waals surface area contributed by atoms with Crippen LogP contribution in [0, 0.1) is 5.92 Å². The number of carbonyl (C=O) groups is 2. The molecule has 0 aliphatic rings. The van der Waals surface area contributed by atoms with E-state index < -0.39 is 0 Å². The van der Waals surface area contributed by atoms with Gasteiger partial charge in [-0.3, -0.25) is 9.59 Å². The normalized spacial score (nSPS) is 12.2. The average molecular weight is 322 g/mol. The standard InChI is InChI=1S/C22H26O2/c1-16(2)13-19-9-11-20(12-10-19)17(3)22(24)15-21(23)14-18-7-5-4-6-8-18/h4-12,16-17H,13-15H2,1-3H3. The van der Waals surface area contributed by atoms with Crippen LogP contribution >= 0.6 is 0 Å². The van der Waals surface area contributed by atoms with Crippen LogP contribution in [0.25, 0.3) is 0 Å². The monoisotopic (exact) mass is 322 g/mol. The molecule has 126 valence electrons. The first-order chi connectivity index (χ1) is 11.5. The highest BCUT2D eigenvalue weighted by Crippen LogP contribution is 2.20. The third-order valence-corrected chi connectivity index (χ3v) is 4.22. The maximum Gasteiger partial charge on any atom is 0.147 e. The van der Waals surface area contributed by atoms with E-state index in [1.807, 2.05) is 49.4 Å². The Morgan fingerprint density at radius 3 is 2.04 bits per heavy atom. The van der Waals surface area contributed by atoms with Crippen LogP contribution in [0.2, 0.25) is 0 Å². The molecule has 0 heterocycles. The molecule has 0 N–H and O–H groups in total. The van der Waals surface area contributed by atoms with E-state index >= 15 is 0 Å². The summed E-state index contributed by atoms with van der Waals surface area (Å²) in [6, 6.07) is 17.8. The zero-order valence-corrected chi connectivity index (χ0v) is 14.8. The van der Waals surface area contributed by atoms with E-state index in [1.54, 1.807) is 0 Å². The summed E-state index contributed by atoms with van der Waals surface area (Å²) in [4.78, 5) is 24.5. The number of hydrogen-bond acceptors (Lipinski definition) is 2. The molecule has 1 atom stereocenters. The van der Waals surface area contributed by atoms with Crippen LogP contribution < -0.4 is 0 Å². The maximum absolute atomic E-state index is 12.4. The Labute approximate surface area is 144 Å². The number of carbonyl (C=O) groups excluding carboxylic acids is 2. The van der Waals surface area contributed by atoms with Crippen LogP contribution in [0.5, 0.6) is 0 Å². The molecule has 0 saturated heterocycles. The van der Waals surface area contributed by atoms with E-state index in [-0.39, 0.29) is 23.9 Å². The van der Waals surface area contributed by atoms with E-state index in [2.05, 4.69) is 26.0 Å². The number of rotatable bonds is 8. The van der Waals surface area contributed by atoms with Gasteiger partial charge in [-0.05, 0) is 29.0 Å². The van der Waals surface area contributed by atoms with Crippen molar-refractivity contribution in [1.29, 1.82) is 0 Å². The first-order valence-electron chi connectivity index (χ1n) is 8.63. The minimum atomic E-state index is -0.238. The average Bonchev–Trinajstić information content (AvgIpc) is 2.55. The highest BCUT2D eigenvalue weighted by Gasteiger charge is 2.18. The number of benzene rings is 2. The van der Waals surface area contributed by atoms with Gasteiger partial charge in [-0.2, -0.15) is 0 Å². The van der Waals surface area contributed by atoms with E-state index in [4.69, 9.17) is 0 Å². The molecule has 0 aromatic heterocycles. The second-order valence-corrected chi connectivity index (χ2v) is 6.91. The molecule has 0 radical (unpaired) electrons. The van der Waals surface area contributed by atoms with Gasteiger partial charge in [0.2, 0.25) is 0 Å². The Kier molecular flexibility index (Phi) is 6.48. The van der Waals surface area contributed by atoms with Crippen LogP contribution in [-0.4, -0.2) is 11.6 Å². The quantitative estimate of drug-likeness (QED) is 0.657. The van der Waals surface area contributed by atoms with Crippen LogP contribution in [0.4, 0.5) is 0 Å². The molecule has 0 spiro atoms. The molecular weight excluding hydrogens is 296 g/mol.